The maximum absolute atomic E-state index is 12.9. The van der Waals surface area contributed by atoms with E-state index in [0.717, 1.165) is 36.0 Å². The number of aryl methyl sites for hydroxylation is 2. The van der Waals surface area contributed by atoms with E-state index in [9.17, 15) is 14.7 Å². The van der Waals surface area contributed by atoms with E-state index in [1.807, 2.05) is 55.5 Å². The second kappa shape index (κ2) is 8.42. The highest BCUT2D eigenvalue weighted by Crippen LogP contribution is 2.40. The number of amides is 1. The number of hydrogen-bond acceptors (Lipinski definition) is 3. The number of unbranched alkanes of at least 4 members (excludes halogenated alkanes) is 1. The van der Waals surface area contributed by atoms with Gasteiger partial charge >= 0.3 is 0 Å². The van der Waals surface area contributed by atoms with E-state index in [4.69, 9.17) is 0 Å². The Bertz CT molecular complexity index is 912. The number of ketones is 1. The molecular weight excluding hydrogens is 350 g/mol. The van der Waals surface area contributed by atoms with Gasteiger partial charge in [0.2, 0.25) is 0 Å². The van der Waals surface area contributed by atoms with Crippen LogP contribution in [-0.4, -0.2) is 28.2 Å². The summed E-state index contributed by atoms with van der Waals surface area (Å²) in [6.45, 7) is 6.57. The van der Waals surface area contributed by atoms with Gasteiger partial charge in [-0.3, -0.25) is 9.59 Å². The van der Waals surface area contributed by atoms with E-state index in [-0.39, 0.29) is 11.3 Å². The van der Waals surface area contributed by atoms with Crippen LogP contribution >= 0.6 is 0 Å². The molecule has 2 aromatic rings. The summed E-state index contributed by atoms with van der Waals surface area (Å²) in [5.74, 6) is -1.25. The normalized spacial score (nSPS) is 18.7. The van der Waals surface area contributed by atoms with Gasteiger partial charge in [0.15, 0.2) is 0 Å². The second-order valence-electron chi connectivity index (χ2n) is 7.25. The van der Waals surface area contributed by atoms with E-state index in [1.54, 1.807) is 4.90 Å². The topological polar surface area (TPSA) is 57.6 Å². The molecule has 4 heteroatoms. The highest BCUT2D eigenvalue weighted by Gasteiger charge is 2.46. The molecule has 3 rings (SSSR count). The third-order valence-electron chi connectivity index (χ3n) is 5.41. The fourth-order valence-corrected chi connectivity index (χ4v) is 3.71. The van der Waals surface area contributed by atoms with Crippen molar-refractivity contribution in [2.75, 3.05) is 6.54 Å². The number of Topliss-reactive ketones (excluding diaryl/α,β-unsaturated/α-hetero) is 1. The highest BCUT2D eigenvalue weighted by molar-refractivity contribution is 6.46. The van der Waals surface area contributed by atoms with Crippen molar-refractivity contribution in [3.8, 4) is 0 Å². The van der Waals surface area contributed by atoms with Gasteiger partial charge in [-0.15, -0.1) is 0 Å². The molecule has 1 aliphatic heterocycles. The summed E-state index contributed by atoms with van der Waals surface area (Å²) < 4.78 is 0. The predicted molar refractivity (Wildman–Crippen MR) is 111 cm³/mol. The van der Waals surface area contributed by atoms with Crippen LogP contribution in [0.25, 0.3) is 5.76 Å². The minimum absolute atomic E-state index is 0.103. The van der Waals surface area contributed by atoms with Crippen LogP contribution in [0.5, 0.6) is 0 Å². The number of nitrogens with zero attached hydrogens (tertiary/aromatic N) is 1. The molecule has 1 saturated heterocycles. The fraction of sp³-hybridized carbons (Fsp3) is 0.333. The molecule has 1 amide bonds. The SMILES string of the molecule is CCCCN1C(=O)C(=O)/C(=C(\O)c2ccc(CC)cc2)C1c1ccccc1C. The number of rotatable bonds is 6. The van der Waals surface area contributed by atoms with E-state index < -0.39 is 17.7 Å². The van der Waals surface area contributed by atoms with Crippen LogP contribution in [0.15, 0.2) is 54.1 Å². The molecule has 0 bridgehead atoms. The molecule has 1 aliphatic rings. The standard InChI is InChI=1S/C24H27NO3/c1-4-6-15-25-21(19-10-8-7-9-16(19)3)20(23(27)24(25)28)22(26)18-13-11-17(5-2)12-14-18/h7-14,21,26H,4-6,15H2,1-3H3/b22-20-. The van der Waals surface area contributed by atoms with Gasteiger partial charge < -0.3 is 10.0 Å². The molecule has 1 N–H and O–H groups in total. The lowest BCUT2D eigenvalue weighted by molar-refractivity contribution is -0.139. The maximum atomic E-state index is 12.9. The lowest BCUT2D eigenvalue weighted by Crippen LogP contribution is -2.30. The molecule has 1 fully saturated rings. The Labute approximate surface area is 166 Å². The van der Waals surface area contributed by atoms with Crippen molar-refractivity contribution in [3.63, 3.8) is 0 Å². The molecule has 0 aromatic heterocycles. The van der Waals surface area contributed by atoms with Crippen molar-refractivity contribution in [2.45, 2.75) is 46.1 Å². The Morgan fingerprint density at radius 1 is 1.04 bits per heavy atom. The van der Waals surface area contributed by atoms with Gasteiger partial charge in [0.05, 0.1) is 11.6 Å². The number of aliphatic hydroxyl groups excluding tert-OH is 1. The molecule has 2 aromatic carbocycles. The monoisotopic (exact) mass is 377 g/mol. The van der Waals surface area contributed by atoms with Crippen LogP contribution in [0, 0.1) is 6.92 Å². The maximum Gasteiger partial charge on any atom is 0.295 e. The van der Waals surface area contributed by atoms with Crippen molar-refractivity contribution in [1.82, 2.24) is 4.90 Å². The number of aliphatic hydroxyl groups is 1. The highest BCUT2D eigenvalue weighted by atomic mass is 16.3. The Morgan fingerprint density at radius 3 is 2.32 bits per heavy atom. The van der Waals surface area contributed by atoms with E-state index in [2.05, 4.69) is 13.8 Å². The Morgan fingerprint density at radius 2 is 1.71 bits per heavy atom. The van der Waals surface area contributed by atoms with Crippen LogP contribution in [0.2, 0.25) is 0 Å². The smallest absolute Gasteiger partial charge is 0.295 e. The zero-order valence-electron chi connectivity index (χ0n) is 16.7. The molecule has 0 radical (unpaired) electrons. The first-order valence-corrected chi connectivity index (χ1v) is 9.92. The number of benzene rings is 2. The van der Waals surface area contributed by atoms with Gasteiger partial charge in [-0.25, -0.2) is 0 Å². The summed E-state index contributed by atoms with van der Waals surface area (Å²) in [6, 6.07) is 14.7. The van der Waals surface area contributed by atoms with Crippen molar-refractivity contribution in [2.24, 2.45) is 0 Å². The molecule has 4 nitrogen and oxygen atoms in total. The fourth-order valence-electron chi connectivity index (χ4n) is 3.71. The summed E-state index contributed by atoms with van der Waals surface area (Å²) in [5.41, 5.74) is 3.76. The van der Waals surface area contributed by atoms with Crippen LogP contribution in [0.3, 0.4) is 0 Å². The van der Waals surface area contributed by atoms with Gasteiger partial charge in [0.1, 0.15) is 5.76 Å². The van der Waals surface area contributed by atoms with Crippen molar-refractivity contribution in [1.29, 1.82) is 0 Å². The third-order valence-corrected chi connectivity index (χ3v) is 5.41. The number of carbonyl (C=O) groups excluding carboxylic acids is 2. The Balaban J connectivity index is 2.16. The van der Waals surface area contributed by atoms with Crippen LogP contribution in [0.1, 0.15) is 55.0 Å². The van der Waals surface area contributed by atoms with E-state index >= 15 is 0 Å². The summed E-state index contributed by atoms with van der Waals surface area (Å²) in [7, 11) is 0. The molecule has 1 heterocycles. The number of hydrogen-bond donors (Lipinski definition) is 1. The zero-order chi connectivity index (χ0) is 20.3. The molecule has 1 unspecified atom stereocenters. The third kappa shape index (κ3) is 3.59. The molecule has 0 aliphatic carbocycles. The molecular formula is C24H27NO3. The summed E-state index contributed by atoms with van der Waals surface area (Å²) >= 11 is 0. The first-order valence-electron chi connectivity index (χ1n) is 9.92. The molecule has 28 heavy (non-hydrogen) atoms. The second-order valence-corrected chi connectivity index (χ2v) is 7.25. The van der Waals surface area contributed by atoms with Gasteiger partial charge in [-0.2, -0.15) is 0 Å². The van der Waals surface area contributed by atoms with Crippen LogP contribution in [0.4, 0.5) is 0 Å². The number of likely N-dealkylation sites (tertiary alicyclic amines) is 1. The van der Waals surface area contributed by atoms with Crippen molar-refractivity contribution >= 4 is 17.4 Å². The van der Waals surface area contributed by atoms with Gasteiger partial charge in [-0.05, 0) is 36.5 Å². The molecule has 1 atom stereocenters. The Kier molecular flexibility index (Phi) is 5.98. The first kappa shape index (κ1) is 19.9. The van der Waals surface area contributed by atoms with Gasteiger partial charge in [0.25, 0.3) is 11.7 Å². The minimum atomic E-state index is -0.610. The average Bonchev–Trinajstić information content (AvgIpc) is 2.96. The first-order chi connectivity index (χ1) is 13.5. The molecule has 146 valence electrons. The molecule has 0 spiro atoms. The lowest BCUT2D eigenvalue weighted by Gasteiger charge is -2.26. The quantitative estimate of drug-likeness (QED) is 0.448. The summed E-state index contributed by atoms with van der Waals surface area (Å²) in [5, 5.41) is 11.0. The zero-order valence-corrected chi connectivity index (χ0v) is 16.7. The minimum Gasteiger partial charge on any atom is -0.507 e. The van der Waals surface area contributed by atoms with Crippen molar-refractivity contribution in [3.05, 3.63) is 76.4 Å². The van der Waals surface area contributed by atoms with E-state index in [0.29, 0.717) is 12.1 Å². The molecule has 0 saturated carbocycles. The predicted octanol–water partition coefficient (Wildman–Crippen LogP) is 4.78. The van der Waals surface area contributed by atoms with E-state index in [1.165, 1.54) is 0 Å². The van der Waals surface area contributed by atoms with Crippen LogP contribution in [-0.2, 0) is 16.0 Å². The lowest BCUT2D eigenvalue weighted by atomic mass is 9.92. The Hall–Kier alpha value is -2.88. The average molecular weight is 377 g/mol. The summed E-state index contributed by atoms with van der Waals surface area (Å²) in [6.07, 6.45) is 2.62. The largest absolute Gasteiger partial charge is 0.507 e. The van der Waals surface area contributed by atoms with Gasteiger partial charge in [0, 0.05) is 12.1 Å². The van der Waals surface area contributed by atoms with Crippen LogP contribution < -0.4 is 0 Å². The summed E-state index contributed by atoms with van der Waals surface area (Å²) in [4.78, 5) is 27.3. The van der Waals surface area contributed by atoms with Crippen molar-refractivity contribution < 1.29 is 14.7 Å². The number of carbonyl (C=O) groups is 2. The van der Waals surface area contributed by atoms with Gasteiger partial charge in [-0.1, -0.05) is 68.8 Å².